The summed E-state index contributed by atoms with van der Waals surface area (Å²) < 4.78 is 4.69. The lowest BCUT2D eigenvalue weighted by Crippen LogP contribution is -2.18. The average molecular weight is 319 g/mol. The molecule has 1 heterocycles. The minimum absolute atomic E-state index is 0.211. The molecular weight excluding hydrogens is 306 g/mol. The molecule has 0 saturated carbocycles. The van der Waals surface area contributed by atoms with Gasteiger partial charge in [-0.25, -0.2) is 9.78 Å². The van der Waals surface area contributed by atoms with Gasteiger partial charge in [0.25, 0.3) is 0 Å². The van der Waals surface area contributed by atoms with Crippen LogP contribution in [0.1, 0.15) is 10.4 Å². The van der Waals surface area contributed by atoms with Crippen molar-refractivity contribution >= 4 is 40.7 Å². The highest BCUT2D eigenvalue weighted by Gasteiger charge is 2.07. The van der Waals surface area contributed by atoms with Crippen LogP contribution in [0.2, 0.25) is 0 Å². The van der Waals surface area contributed by atoms with Crippen LogP contribution in [-0.2, 0) is 4.74 Å². The second kappa shape index (κ2) is 7.05. The van der Waals surface area contributed by atoms with Gasteiger partial charge in [0.15, 0.2) is 5.11 Å². The first-order valence-corrected chi connectivity index (χ1v) is 7.19. The number of methoxy groups -OCH3 is 1. The van der Waals surface area contributed by atoms with Crippen LogP contribution in [0.5, 0.6) is 0 Å². The third-order valence-electron chi connectivity index (χ3n) is 2.48. The fourth-order valence-electron chi connectivity index (χ4n) is 1.61. The van der Waals surface area contributed by atoms with Gasteiger partial charge in [0, 0.05) is 16.8 Å². The zero-order chi connectivity index (χ0) is 15.2. The molecule has 0 saturated heterocycles. The smallest absolute Gasteiger partial charge is 0.337 e. The van der Waals surface area contributed by atoms with Crippen LogP contribution in [0.15, 0.2) is 52.5 Å². The average Bonchev–Trinajstić information content (AvgIpc) is 2.46. The van der Waals surface area contributed by atoms with E-state index in [0.717, 1.165) is 10.6 Å². The largest absolute Gasteiger partial charge is 0.465 e. The van der Waals surface area contributed by atoms with E-state index >= 15 is 0 Å². The van der Waals surface area contributed by atoms with Crippen molar-refractivity contribution in [1.29, 1.82) is 0 Å². The number of nitrogens with one attached hydrogen (secondary N) is 1. The Morgan fingerprint density at radius 3 is 2.90 bits per heavy atom. The second-order valence-electron chi connectivity index (χ2n) is 3.99. The molecular formula is C14H13N3O2S2. The number of hydrogen-bond donors (Lipinski definition) is 2. The van der Waals surface area contributed by atoms with Crippen LogP contribution in [0.4, 0.5) is 5.69 Å². The Labute approximate surface area is 131 Å². The number of anilines is 1. The Morgan fingerprint density at radius 2 is 2.19 bits per heavy atom. The van der Waals surface area contributed by atoms with E-state index in [-0.39, 0.29) is 11.1 Å². The number of esters is 1. The van der Waals surface area contributed by atoms with Gasteiger partial charge in [-0.1, -0.05) is 17.8 Å². The van der Waals surface area contributed by atoms with Gasteiger partial charge in [0.2, 0.25) is 0 Å². The number of nitrogens with two attached hydrogens (primary N) is 1. The van der Waals surface area contributed by atoms with Gasteiger partial charge in [-0.05, 0) is 42.5 Å². The van der Waals surface area contributed by atoms with Crippen molar-refractivity contribution in [3.8, 4) is 0 Å². The molecule has 5 nitrogen and oxygen atoms in total. The predicted molar refractivity (Wildman–Crippen MR) is 86.5 cm³/mol. The van der Waals surface area contributed by atoms with Gasteiger partial charge in [-0.2, -0.15) is 0 Å². The Kier molecular flexibility index (Phi) is 5.13. The lowest BCUT2D eigenvalue weighted by atomic mass is 10.3. The molecule has 108 valence electrons. The molecule has 0 spiro atoms. The fourth-order valence-corrected chi connectivity index (χ4v) is 2.60. The molecule has 0 amide bonds. The van der Waals surface area contributed by atoms with E-state index in [0.29, 0.717) is 10.6 Å². The highest BCUT2D eigenvalue weighted by molar-refractivity contribution is 7.99. The van der Waals surface area contributed by atoms with Gasteiger partial charge >= 0.3 is 5.97 Å². The molecule has 0 aliphatic rings. The number of benzene rings is 1. The first-order chi connectivity index (χ1) is 10.1. The Morgan fingerprint density at radius 1 is 1.38 bits per heavy atom. The van der Waals surface area contributed by atoms with E-state index in [1.807, 2.05) is 24.3 Å². The number of pyridine rings is 1. The van der Waals surface area contributed by atoms with E-state index < -0.39 is 0 Å². The third-order valence-corrected chi connectivity index (χ3v) is 3.50. The summed E-state index contributed by atoms with van der Waals surface area (Å²) in [7, 11) is 1.35. The van der Waals surface area contributed by atoms with Crippen LogP contribution in [0, 0.1) is 0 Å². The number of thiocarbonyl (C=S) groups is 1. The molecule has 0 atom stereocenters. The normalized spacial score (nSPS) is 9.95. The lowest BCUT2D eigenvalue weighted by molar-refractivity contribution is 0.0600. The highest BCUT2D eigenvalue weighted by Crippen LogP contribution is 2.28. The zero-order valence-corrected chi connectivity index (χ0v) is 12.8. The predicted octanol–water partition coefficient (Wildman–Crippen LogP) is 2.67. The summed E-state index contributed by atoms with van der Waals surface area (Å²) in [6.07, 6.45) is 1.58. The summed E-state index contributed by atoms with van der Waals surface area (Å²) in [5.41, 5.74) is 6.71. The van der Waals surface area contributed by atoms with Crippen molar-refractivity contribution in [3.63, 3.8) is 0 Å². The Bertz CT molecular complexity index is 677. The van der Waals surface area contributed by atoms with Crippen molar-refractivity contribution in [2.75, 3.05) is 12.4 Å². The molecule has 0 fully saturated rings. The van der Waals surface area contributed by atoms with Crippen molar-refractivity contribution < 1.29 is 9.53 Å². The second-order valence-corrected chi connectivity index (χ2v) is 5.53. The van der Waals surface area contributed by atoms with Crippen molar-refractivity contribution in [2.24, 2.45) is 5.73 Å². The van der Waals surface area contributed by atoms with Crippen molar-refractivity contribution in [3.05, 3.63) is 48.2 Å². The van der Waals surface area contributed by atoms with Gasteiger partial charge in [-0.3, -0.25) is 0 Å². The van der Waals surface area contributed by atoms with E-state index in [9.17, 15) is 4.79 Å². The molecule has 0 radical (unpaired) electrons. The molecule has 0 unspecified atom stereocenters. The number of nitrogens with zero attached hydrogens (tertiary/aromatic N) is 1. The monoisotopic (exact) mass is 319 g/mol. The SMILES string of the molecule is COC(=O)c1ccnc(Sc2cccc(NC(N)=S)c2)c1. The van der Waals surface area contributed by atoms with E-state index in [1.165, 1.54) is 18.9 Å². The topological polar surface area (TPSA) is 77.2 Å². The van der Waals surface area contributed by atoms with E-state index in [2.05, 4.69) is 10.3 Å². The number of ether oxygens (including phenoxy) is 1. The van der Waals surface area contributed by atoms with Crippen LogP contribution >= 0.6 is 24.0 Å². The highest BCUT2D eigenvalue weighted by atomic mass is 32.2. The van der Waals surface area contributed by atoms with Crippen LogP contribution in [0.25, 0.3) is 0 Å². The minimum atomic E-state index is -0.386. The third kappa shape index (κ3) is 4.44. The first-order valence-electron chi connectivity index (χ1n) is 5.97. The number of rotatable bonds is 4. The molecule has 0 bridgehead atoms. The first kappa shape index (κ1) is 15.3. The van der Waals surface area contributed by atoms with Gasteiger partial charge < -0.3 is 15.8 Å². The maximum atomic E-state index is 11.5. The van der Waals surface area contributed by atoms with E-state index in [1.54, 1.807) is 18.3 Å². The van der Waals surface area contributed by atoms with E-state index in [4.69, 9.17) is 22.7 Å². The van der Waals surface area contributed by atoms with Crippen LogP contribution in [0.3, 0.4) is 0 Å². The summed E-state index contributed by atoms with van der Waals surface area (Å²) in [6.45, 7) is 0. The fraction of sp³-hybridized carbons (Fsp3) is 0.0714. The number of carbonyl (C=O) groups excluding carboxylic acids is 1. The summed E-state index contributed by atoms with van der Waals surface area (Å²) in [5.74, 6) is -0.386. The zero-order valence-electron chi connectivity index (χ0n) is 11.2. The Balaban J connectivity index is 2.18. The standard InChI is InChI=1S/C14H13N3O2S2/c1-19-13(18)9-5-6-16-12(7-9)21-11-4-2-3-10(8-11)17-14(15)20/h2-8H,1H3,(H3,15,17,20). The van der Waals surface area contributed by atoms with Crippen molar-refractivity contribution in [1.82, 2.24) is 4.98 Å². The number of hydrogen-bond acceptors (Lipinski definition) is 5. The molecule has 21 heavy (non-hydrogen) atoms. The Hall–Kier alpha value is -2.12. The maximum absolute atomic E-state index is 11.5. The maximum Gasteiger partial charge on any atom is 0.337 e. The summed E-state index contributed by atoms with van der Waals surface area (Å²) in [6, 6.07) is 10.9. The van der Waals surface area contributed by atoms with Gasteiger partial charge in [-0.15, -0.1) is 0 Å². The summed E-state index contributed by atoms with van der Waals surface area (Å²) in [4.78, 5) is 16.7. The summed E-state index contributed by atoms with van der Waals surface area (Å²) in [5, 5.41) is 3.78. The number of carbonyl (C=O) groups is 1. The van der Waals surface area contributed by atoms with Crippen LogP contribution < -0.4 is 11.1 Å². The summed E-state index contributed by atoms with van der Waals surface area (Å²) >= 11 is 6.23. The number of aromatic nitrogens is 1. The molecule has 2 rings (SSSR count). The molecule has 2 aromatic rings. The molecule has 0 aliphatic heterocycles. The molecule has 7 heteroatoms. The lowest BCUT2D eigenvalue weighted by Gasteiger charge is -2.07. The van der Waals surface area contributed by atoms with Crippen molar-refractivity contribution in [2.45, 2.75) is 9.92 Å². The molecule has 1 aromatic heterocycles. The minimum Gasteiger partial charge on any atom is -0.465 e. The van der Waals surface area contributed by atoms with Gasteiger partial charge in [0.05, 0.1) is 12.7 Å². The van der Waals surface area contributed by atoms with Gasteiger partial charge in [0.1, 0.15) is 5.03 Å². The van der Waals surface area contributed by atoms with Crippen LogP contribution in [-0.4, -0.2) is 23.2 Å². The molecule has 3 N–H and O–H groups in total. The molecule has 1 aromatic carbocycles. The molecule has 0 aliphatic carbocycles. The quantitative estimate of drug-likeness (QED) is 0.662.